The molecule has 2 rings (SSSR count). The summed E-state index contributed by atoms with van der Waals surface area (Å²) >= 11 is 0.939. The van der Waals surface area contributed by atoms with E-state index in [1.807, 2.05) is 0 Å². The molecule has 0 aliphatic carbocycles. The van der Waals surface area contributed by atoms with Crippen molar-refractivity contribution in [3.63, 3.8) is 0 Å². The van der Waals surface area contributed by atoms with Crippen molar-refractivity contribution in [2.45, 2.75) is 0 Å². The van der Waals surface area contributed by atoms with E-state index in [-0.39, 0.29) is 5.82 Å². The van der Waals surface area contributed by atoms with Crippen molar-refractivity contribution in [3.8, 4) is 10.7 Å². The van der Waals surface area contributed by atoms with E-state index in [9.17, 15) is 10.1 Å². The van der Waals surface area contributed by atoms with Crippen molar-refractivity contribution in [1.82, 2.24) is 19.6 Å². The molecule has 8 heteroatoms. The lowest BCUT2D eigenvalue weighted by Gasteiger charge is -1.89. The SMILES string of the molecule is O=[N+]([O-])c1nnsc1-c1ncc[nH]1. The molecule has 7 nitrogen and oxygen atoms in total. The van der Waals surface area contributed by atoms with Crippen molar-refractivity contribution in [2.24, 2.45) is 0 Å². The van der Waals surface area contributed by atoms with Crippen LogP contribution >= 0.6 is 11.5 Å². The van der Waals surface area contributed by atoms with E-state index >= 15 is 0 Å². The summed E-state index contributed by atoms with van der Waals surface area (Å²) in [6.07, 6.45) is 3.09. The van der Waals surface area contributed by atoms with E-state index in [4.69, 9.17) is 0 Å². The lowest BCUT2D eigenvalue weighted by molar-refractivity contribution is -0.388. The van der Waals surface area contributed by atoms with Crippen LogP contribution in [0.5, 0.6) is 0 Å². The van der Waals surface area contributed by atoms with Gasteiger partial charge in [0.05, 0.1) is 5.10 Å². The van der Waals surface area contributed by atoms with E-state index in [0.717, 1.165) is 11.5 Å². The Kier molecular flexibility index (Phi) is 1.74. The fraction of sp³-hybridized carbons (Fsp3) is 0. The minimum absolute atomic E-state index is 0.264. The first kappa shape index (κ1) is 7.80. The molecule has 0 radical (unpaired) electrons. The molecule has 0 bridgehead atoms. The number of hydrogen-bond donors (Lipinski definition) is 1. The molecule has 0 amide bonds. The van der Waals surface area contributed by atoms with Crippen molar-refractivity contribution in [3.05, 3.63) is 22.5 Å². The first-order valence-electron chi connectivity index (χ1n) is 3.25. The molecule has 0 fully saturated rings. The van der Waals surface area contributed by atoms with Crippen LogP contribution in [-0.2, 0) is 0 Å². The highest BCUT2D eigenvalue weighted by Crippen LogP contribution is 2.27. The summed E-state index contributed by atoms with van der Waals surface area (Å²) in [6.45, 7) is 0. The van der Waals surface area contributed by atoms with Gasteiger partial charge >= 0.3 is 5.82 Å². The number of aromatic nitrogens is 4. The van der Waals surface area contributed by atoms with E-state index in [1.165, 1.54) is 6.20 Å². The third-order valence-electron chi connectivity index (χ3n) is 1.36. The van der Waals surface area contributed by atoms with Crippen LogP contribution in [0.25, 0.3) is 10.7 Å². The molecule has 2 aromatic rings. The zero-order chi connectivity index (χ0) is 9.26. The highest BCUT2D eigenvalue weighted by Gasteiger charge is 2.22. The van der Waals surface area contributed by atoms with Gasteiger partial charge in [0, 0.05) is 28.4 Å². The van der Waals surface area contributed by atoms with Gasteiger partial charge < -0.3 is 15.1 Å². The van der Waals surface area contributed by atoms with Gasteiger partial charge in [0.1, 0.15) is 0 Å². The first-order chi connectivity index (χ1) is 6.29. The normalized spacial score (nSPS) is 10.2. The molecule has 2 heterocycles. The number of hydrogen-bond acceptors (Lipinski definition) is 6. The van der Waals surface area contributed by atoms with Gasteiger partial charge in [-0.2, -0.15) is 0 Å². The monoisotopic (exact) mass is 197 g/mol. The summed E-state index contributed by atoms with van der Waals surface area (Å²) in [4.78, 5) is 16.8. The quantitative estimate of drug-likeness (QED) is 0.568. The first-order valence-corrected chi connectivity index (χ1v) is 4.03. The van der Waals surface area contributed by atoms with Gasteiger partial charge in [0.2, 0.25) is 0 Å². The van der Waals surface area contributed by atoms with Gasteiger partial charge in [-0.1, -0.05) is 0 Å². The Balaban J connectivity index is 2.52. The minimum atomic E-state index is -0.582. The highest BCUT2D eigenvalue weighted by molar-refractivity contribution is 7.09. The zero-order valence-electron chi connectivity index (χ0n) is 6.17. The minimum Gasteiger partial charge on any atom is -0.358 e. The predicted octanol–water partition coefficient (Wildman–Crippen LogP) is 0.836. The Morgan fingerprint density at radius 2 is 2.46 bits per heavy atom. The van der Waals surface area contributed by atoms with Crippen molar-refractivity contribution in [1.29, 1.82) is 0 Å². The fourth-order valence-electron chi connectivity index (χ4n) is 0.844. The zero-order valence-corrected chi connectivity index (χ0v) is 6.98. The van der Waals surface area contributed by atoms with Crippen LogP contribution in [0.2, 0.25) is 0 Å². The lowest BCUT2D eigenvalue weighted by Crippen LogP contribution is -1.90. The molecule has 0 aliphatic rings. The summed E-state index contributed by atoms with van der Waals surface area (Å²) in [5, 5.41) is 13.8. The molecular weight excluding hydrogens is 194 g/mol. The van der Waals surface area contributed by atoms with Crippen LogP contribution in [0.4, 0.5) is 5.82 Å². The third kappa shape index (κ3) is 1.26. The molecule has 0 atom stereocenters. The average molecular weight is 197 g/mol. The number of nitro groups is 1. The second-order valence-corrected chi connectivity index (χ2v) is 2.87. The Bertz CT molecular complexity index is 422. The molecule has 0 saturated carbocycles. The summed E-state index contributed by atoms with van der Waals surface area (Å²) in [7, 11) is 0. The molecule has 0 aliphatic heterocycles. The molecule has 1 N–H and O–H groups in total. The third-order valence-corrected chi connectivity index (χ3v) is 2.08. The van der Waals surface area contributed by atoms with E-state index < -0.39 is 4.92 Å². The number of nitrogens with one attached hydrogen (secondary N) is 1. The summed E-state index contributed by atoms with van der Waals surface area (Å²) in [5.41, 5.74) is 0. The Morgan fingerprint density at radius 1 is 1.62 bits per heavy atom. The Labute approximate surface area is 75.8 Å². The van der Waals surface area contributed by atoms with E-state index in [0.29, 0.717) is 10.7 Å². The number of nitrogens with zero attached hydrogens (tertiary/aromatic N) is 4. The summed E-state index contributed by atoms with van der Waals surface area (Å²) in [6, 6.07) is 0. The number of aromatic amines is 1. The Hall–Kier alpha value is -1.83. The van der Waals surface area contributed by atoms with Crippen LogP contribution < -0.4 is 0 Å². The van der Waals surface area contributed by atoms with Gasteiger partial charge in [-0.05, 0) is 4.92 Å². The smallest absolute Gasteiger partial charge is 0.358 e. The van der Waals surface area contributed by atoms with Gasteiger partial charge in [0.25, 0.3) is 0 Å². The Morgan fingerprint density at radius 3 is 3.08 bits per heavy atom. The van der Waals surface area contributed by atoms with Gasteiger partial charge in [-0.15, -0.1) is 0 Å². The molecule has 0 saturated heterocycles. The van der Waals surface area contributed by atoms with Crippen LogP contribution in [0, 0.1) is 10.1 Å². The standard InChI is InChI=1S/C5H3N5O2S/c11-10(12)5-3(13-9-8-5)4-6-1-2-7-4/h1-2H,(H,6,7). The maximum Gasteiger partial charge on any atom is 0.414 e. The van der Waals surface area contributed by atoms with Crippen LogP contribution in [0.1, 0.15) is 0 Å². The molecule has 0 spiro atoms. The van der Waals surface area contributed by atoms with Crippen LogP contribution in [0.3, 0.4) is 0 Å². The van der Waals surface area contributed by atoms with Crippen LogP contribution in [0.15, 0.2) is 12.4 Å². The predicted molar refractivity (Wildman–Crippen MR) is 44.1 cm³/mol. The van der Waals surface area contributed by atoms with Gasteiger partial charge in [-0.25, -0.2) is 4.98 Å². The van der Waals surface area contributed by atoms with E-state index in [2.05, 4.69) is 19.6 Å². The fourth-order valence-corrected chi connectivity index (χ4v) is 1.44. The maximum atomic E-state index is 10.4. The average Bonchev–Trinajstić information content (AvgIpc) is 2.74. The number of imidazole rings is 1. The van der Waals surface area contributed by atoms with Crippen molar-refractivity contribution >= 4 is 17.4 Å². The summed E-state index contributed by atoms with van der Waals surface area (Å²) in [5.74, 6) is 0.154. The maximum absolute atomic E-state index is 10.4. The summed E-state index contributed by atoms with van der Waals surface area (Å²) < 4.78 is 3.49. The van der Waals surface area contributed by atoms with Crippen molar-refractivity contribution in [2.75, 3.05) is 0 Å². The number of H-pyrrole nitrogens is 1. The van der Waals surface area contributed by atoms with Crippen molar-refractivity contribution < 1.29 is 4.92 Å². The second kappa shape index (κ2) is 2.90. The molecular formula is C5H3N5O2S. The molecule has 13 heavy (non-hydrogen) atoms. The molecule has 0 aromatic carbocycles. The van der Waals surface area contributed by atoms with Gasteiger partial charge in [-0.3, -0.25) is 0 Å². The number of rotatable bonds is 2. The van der Waals surface area contributed by atoms with Crippen LogP contribution in [-0.4, -0.2) is 24.5 Å². The largest absolute Gasteiger partial charge is 0.414 e. The topological polar surface area (TPSA) is 97.6 Å². The second-order valence-electron chi connectivity index (χ2n) is 2.12. The molecule has 0 unspecified atom stereocenters. The molecule has 66 valence electrons. The molecule has 2 aromatic heterocycles. The lowest BCUT2D eigenvalue weighted by atomic mass is 10.5. The van der Waals surface area contributed by atoms with Gasteiger partial charge in [0.15, 0.2) is 10.7 Å². The highest BCUT2D eigenvalue weighted by atomic mass is 32.1. The van der Waals surface area contributed by atoms with E-state index in [1.54, 1.807) is 6.20 Å².